The fourth-order valence-corrected chi connectivity index (χ4v) is 1.68. The summed E-state index contributed by atoms with van der Waals surface area (Å²) >= 11 is 0. The minimum atomic E-state index is -0.220. The number of rotatable bonds is 4. The molecule has 0 aliphatic carbocycles. The predicted octanol–water partition coefficient (Wildman–Crippen LogP) is 3.97. The maximum absolute atomic E-state index is 12.7. The molecule has 17 heavy (non-hydrogen) atoms. The summed E-state index contributed by atoms with van der Waals surface area (Å²) in [6, 6.07) is 14.4. The monoisotopic (exact) mass is 230 g/mol. The van der Waals surface area contributed by atoms with E-state index in [9.17, 15) is 4.39 Å². The van der Waals surface area contributed by atoms with E-state index in [0.717, 1.165) is 17.7 Å². The zero-order chi connectivity index (χ0) is 12.1. The molecule has 2 heteroatoms. The smallest absolute Gasteiger partial charge is 0.123 e. The summed E-state index contributed by atoms with van der Waals surface area (Å²) < 4.78 is 18.5. The van der Waals surface area contributed by atoms with Gasteiger partial charge in [-0.2, -0.15) is 0 Å². The number of benzene rings is 2. The van der Waals surface area contributed by atoms with Gasteiger partial charge in [0.2, 0.25) is 0 Å². The fourth-order valence-electron chi connectivity index (χ4n) is 1.68. The van der Waals surface area contributed by atoms with Crippen molar-refractivity contribution in [1.82, 2.24) is 0 Å². The van der Waals surface area contributed by atoms with Crippen molar-refractivity contribution in [3.8, 4) is 5.75 Å². The Hall–Kier alpha value is -1.83. The van der Waals surface area contributed by atoms with Crippen molar-refractivity contribution < 1.29 is 9.13 Å². The first-order valence-corrected chi connectivity index (χ1v) is 5.74. The van der Waals surface area contributed by atoms with Gasteiger partial charge in [0.25, 0.3) is 0 Å². The van der Waals surface area contributed by atoms with E-state index in [-0.39, 0.29) is 5.82 Å². The van der Waals surface area contributed by atoms with Crippen LogP contribution >= 0.6 is 0 Å². The van der Waals surface area contributed by atoms with Gasteiger partial charge in [-0.25, -0.2) is 4.39 Å². The van der Waals surface area contributed by atoms with Crippen LogP contribution in [0.4, 0.5) is 4.39 Å². The summed E-state index contributed by atoms with van der Waals surface area (Å²) in [7, 11) is 0. The number of hydrogen-bond acceptors (Lipinski definition) is 1. The molecular weight excluding hydrogens is 215 g/mol. The first-order chi connectivity index (χ1) is 8.29. The SMILES string of the molecule is CCc1ccccc1OCc1ccc(F)cc1. The molecule has 0 atom stereocenters. The molecule has 0 saturated carbocycles. The van der Waals surface area contributed by atoms with Crippen molar-refractivity contribution in [2.45, 2.75) is 20.0 Å². The highest BCUT2D eigenvalue weighted by atomic mass is 19.1. The molecule has 0 aliphatic heterocycles. The van der Waals surface area contributed by atoms with Crippen LogP contribution in [0.5, 0.6) is 5.75 Å². The van der Waals surface area contributed by atoms with Crippen LogP contribution in [0.25, 0.3) is 0 Å². The van der Waals surface area contributed by atoms with E-state index in [0.29, 0.717) is 6.61 Å². The number of hydrogen-bond donors (Lipinski definition) is 0. The third-order valence-electron chi connectivity index (χ3n) is 2.66. The Labute approximate surface area is 101 Å². The molecule has 0 N–H and O–H groups in total. The second-order valence-corrected chi connectivity index (χ2v) is 3.88. The molecule has 0 bridgehead atoms. The Morgan fingerprint density at radius 1 is 1.00 bits per heavy atom. The van der Waals surface area contributed by atoms with Gasteiger partial charge >= 0.3 is 0 Å². The average molecular weight is 230 g/mol. The minimum absolute atomic E-state index is 0.220. The molecule has 88 valence electrons. The van der Waals surface area contributed by atoms with Crippen LogP contribution in [0.15, 0.2) is 48.5 Å². The van der Waals surface area contributed by atoms with Gasteiger partial charge in [0.15, 0.2) is 0 Å². The lowest BCUT2D eigenvalue weighted by Gasteiger charge is -2.10. The lowest BCUT2D eigenvalue weighted by molar-refractivity contribution is 0.303. The second kappa shape index (κ2) is 5.48. The van der Waals surface area contributed by atoms with Crippen molar-refractivity contribution in [3.63, 3.8) is 0 Å². The van der Waals surface area contributed by atoms with E-state index in [2.05, 4.69) is 13.0 Å². The molecular formula is C15H15FO. The molecule has 0 amide bonds. The van der Waals surface area contributed by atoms with Crippen LogP contribution < -0.4 is 4.74 Å². The van der Waals surface area contributed by atoms with Crippen molar-refractivity contribution in [2.24, 2.45) is 0 Å². The van der Waals surface area contributed by atoms with E-state index >= 15 is 0 Å². The Kier molecular flexibility index (Phi) is 3.76. The van der Waals surface area contributed by atoms with Crippen molar-refractivity contribution in [3.05, 3.63) is 65.5 Å². The second-order valence-electron chi connectivity index (χ2n) is 3.88. The molecule has 0 unspecified atom stereocenters. The van der Waals surface area contributed by atoms with Gasteiger partial charge in [0.05, 0.1) is 0 Å². The molecule has 2 aromatic carbocycles. The van der Waals surface area contributed by atoms with Gasteiger partial charge in [-0.1, -0.05) is 37.3 Å². The molecule has 2 aromatic rings. The number of aryl methyl sites for hydroxylation is 1. The van der Waals surface area contributed by atoms with Gasteiger partial charge < -0.3 is 4.74 Å². The van der Waals surface area contributed by atoms with Crippen LogP contribution in [0.3, 0.4) is 0 Å². The largest absolute Gasteiger partial charge is 0.489 e. The Morgan fingerprint density at radius 2 is 1.71 bits per heavy atom. The lowest BCUT2D eigenvalue weighted by atomic mass is 10.1. The highest BCUT2D eigenvalue weighted by Crippen LogP contribution is 2.19. The van der Waals surface area contributed by atoms with Gasteiger partial charge in [-0.3, -0.25) is 0 Å². The summed E-state index contributed by atoms with van der Waals surface area (Å²) in [6.45, 7) is 2.57. The summed E-state index contributed by atoms with van der Waals surface area (Å²) in [5.74, 6) is 0.682. The molecule has 1 nitrogen and oxygen atoms in total. The Balaban J connectivity index is 2.04. The van der Waals surface area contributed by atoms with Crippen molar-refractivity contribution in [2.75, 3.05) is 0 Å². The van der Waals surface area contributed by atoms with Gasteiger partial charge in [0, 0.05) is 0 Å². The highest BCUT2D eigenvalue weighted by Gasteiger charge is 2.01. The quantitative estimate of drug-likeness (QED) is 0.772. The van der Waals surface area contributed by atoms with E-state index in [4.69, 9.17) is 4.74 Å². The average Bonchev–Trinajstić information content (AvgIpc) is 2.38. The Morgan fingerprint density at radius 3 is 2.41 bits per heavy atom. The van der Waals surface area contributed by atoms with Crippen molar-refractivity contribution in [1.29, 1.82) is 0 Å². The number of halogens is 1. The maximum atomic E-state index is 12.7. The topological polar surface area (TPSA) is 9.23 Å². The van der Waals surface area contributed by atoms with E-state index in [1.807, 2.05) is 18.2 Å². The maximum Gasteiger partial charge on any atom is 0.123 e. The molecule has 0 radical (unpaired) electrons. The van der Waals surface area contributed by atoms with Crippen LogP contribution in [0, 0.1) is 5.82 Å². The predicted molar refractivity (Wildman–Crippen MR) is 66.6 cm³/mol. The highest BCUT2D eigenvalue weighted by molar-refractivity contribution is 5.33. The molecule has 0 heterocycles. The number of ether oxygens (including phenoxy) is 1. The van der Waals surface area contributed by atoms with Gasteiger partial charge in [0.1, 0.15) is 18.2 Å². The summed E-state index contributed by atoms with van der Waals surface area (Å²) in [5.41, 5.74) is 2.16. The normalized spacial score (nSPS) is 10.2. The third-order valence-corrected chi connectivity index (χ3v) is 2.66. The molecule has 0 aliphatic rings. The summed E-state index contributed by atoms with van der Waals surface area (Å²) in [6.07, 6.45) is 0.944. The molecule has 0 fully saturated rings. The standard InChI is InChI=1S/C15H15FO/c1-2-13-5-3-4-6-15(13)17-11-12-7-9-14(16)10-8-12/h3-10H,2,11H2,1H3. The zero-order valence-corrected chi connectivity index (χ0v) is 9.82. The molecule has 0 spiro atoms. The van der Waals surface area contributed by atoms with E-state index in [1.165, 1.54) is 17.7 Å². The summed E-state index contributed by atoms with van der Waals surface area (Å²) in [4.78, 5) is 0. The minimum Gasteiger partial charge on any atom is -0.489 e. The summed E-state index contributed by atoms with van der Waals surface area (Å²) in [5, 5.41) is 0. The molecule has 0 aromatic heterocycles. The van der Waals surface area contributed by atoms with Crippen LogP contribution in [-0.2, 0) is 13.0 Å². The zero-order valence-electron chi connectivity index (χ0n) is 9.82. The Bertz CT molecular complexity index is 477. The molecule has 0 saturated heterocycles. The van der Waals surface area contributed by atoms with E-state index < -0.39 is 0 Å². The van der Waals surface area contributed by atoms with Crippen LogP contribution in [0.1, 0.15) is 18.1 Å². The first kappa shape index (κ1) is 11.6. The van der Waals surface area contributed by atoms with Gasteiger partial charge in [-0.15, -0.1) is 0 Å². The van der Waals surface area contributed by atoms with Crippen LogP contribution in [-0.4, -0.2) is 0 Å². The van der Waals surface area contributed by atoms with Crippen LogP contribution in [0.2, 0.25) is 0 Å². The molecule has 2 rings (SSSR count). The van der Waals surface area contributed by atoms with Gasteiger partial charge in [-0.05, 0) is 35.7 Å². The third kappa shape index (κ3) is 3.06. The van der Waals surface area contributed by atoms with Crippen molar-refractivity contribution >= 4 is 0 Å². The number of para-hydroxylation sites is 1. The first-order valence-electron chi connectivity index (χ1n) is 5.74. The lowest BCUT2D eigenvalue weighted by Crippen LogP contribution is -1.98. The van der Waals surface area contributed by atoms with E-state index in [1.54, 1.807) is 12.1 Å². The fraction of sp³-hybridized carbons (Fsp3) is 0.200.